The first-order valence-corrected chi connectivity index (χ1v) is 12.5. The van der Waals surface area contributed by atoms with Crippen molar-refractivity contribution in [1.82, 2.24) is 10.3 Å². The number of halogens is 1. The van der Waals surface area contributed by atoms with Gasteiger partial charge in [-0.15, -0.1) is 0 Å². The highest BCUT2D eigenvalue weighted by molar-refractivity contribution is 6.39. The Kier molecular flexibility index (Phi) is 8.58. The van der Waals surface area contributed by atoms with Gasteiger partial charge in [-0.2, -0.15) is 0 Å². The van der Waals surface area contributed by atoms with Crippen molar-refractivity contribution in [3.63, 3.8) is 0 Å². The Labute approximate surface area is 230 Å². The monoisotopic (exact) mass is 544 g/mol. The fraction of sp³-hybridized carbons (Fsp3) is 0.200. The van der Waals surface area contributed by atoms with Crippen molar-refractivity contribution in [1.29, 1.82) is 0 Å². The number of nitrogens with one attached hydrogen (secondary N) is 3. The molecule has 0 fully saturated rings. The van der Waals surface area contributed by atoms with Gasteiger partial charge in [0.2, 0.25) is 5.91 Å². The van der Waals surface area contributed by atoms with E-state index in [0.29, 0.717) is 40.4 Å². The van der Waals surface area contributed by atoms with Crippen molar-refractivity contribution in [2.75, 3.05) is 17.7 Å². The Balaban J connectivity index is 1.30. The third-order valence-corrected chi connectivity index (χ3v) is 5.98. The van der Waals surface area contributed by atoms with E-state index in [9.17, 15) is 18.8 Å². The van der Waals surface area contributed by atoms with Crippen molar-refractivity contribution < 1.29 is 27.9 Å². The van der Waals surface area contributed by atoms with E-state index in [-0.39, 0.29) is 18.1 Å². The molecule has 0 saturated carbocycles. The zero-order valence-corrected chi connectivity index (χ0v) is 22.3. The first kappa shape index (κ1) is 28.0. The summed E-state index contributed by atoms with van der Waals surface area (Å²) >= 11 is 0. The normalized spacial score (nSPS) is 11.0. The van der Waals surface area contributed by atoms with Gasteiger partial charge in [-0.1, -0.05) is 24.3 Å². The third kappa shape index (κ3) is 7.53. The SMILES string of the molecule is COc1cc(NC(=O)C(=O)NC(C)(C)Cc2ccc(NC(=O)Cc3ccc(F)cc3)cc2)ccc1-c1cnco1. The summed E-state index contributed by atoms with van der Waals surface area (Å²) in [4.78, 5) is 41.5. The van der Waals surface area contributed by atoms with E-state index < -0.39 is 17.4 Å². The molecule has 206 valence electrons. The number of nitrogens with zero attached hydrogens (tertiary/aromatic N) is 1. The van der Waals surface area contributed by atoms with Crippen molar-refractivity contribution in [3.8, 4) is 17.1 Å². The minimum absolute atomic E-state index is 0.127. The maximum Gasteiger partial charge on any atom is 0.313 e. The summed E-state index contributed by atoms with van der Waals surface area (Å²) in [5.41, 5.74) is 2.52. The number of hydrogen-bond donors (Lipinski definition) is 3. The predicted octanol–water partition coefficient (Wildman–Crippen LogP) is 4.75. The number of carbonyl (C=O) groups is 3. The number of oxazole rings is 1. The number of rotatable bonds is 9. The van der Waals surface area contributed by atoms with Gasteiger partial charge < -0.3 is 25.1 Å². The van der Waals surface area contributed by atoms with E-state index in [1.54, 1.807) is 48.7 Å². The van der Waals surface area contributed by atoms with Gasteiger partial charge in [0, 0.05) is 23.0 Å². The van der Waals surface area contributed by atoms with Gasteiger partial charge in [0.05, 0.1) is 25.3 Å². The molecule has 3 amide bonds. The molecule has 3 aromatic carbocycles. The van der Waals surface area contributed by atoms with E-state index in [4.69, 9.17) is 9.15 Å². The van der Waals surface area contributed by atoms with Gasteiger partial charge in [0.25, 0.3) is 0 Å². The average Bonchev–Trinajstić information content (AvgIpc) is 3.45. The fourth-order valence-corrected chi connectivity index (χ4v) is 4.13. The minimum atomic E-state index is -0.818. The zero-order chi connectivity index (χ0) is 28.7. The maximum absolute atomic E-state index is 13.1. The summed E-state index contributed by atoms with van der Waals surface area (Å²) in [5, 5.41) is 8.16. The Hall–Kier alpha value is -4.99. The first-order chi connectivity index (χ1) is 19.1. The molecule has 3 N–H and O–H groups in total. The lowest BCUT2D eigenvalue weighted by Gasteiger charge is -2.26. The van der Waals surface area contributed by atoms with Crippen LogP contribution < -0.4 is 20.7 Å². The fourth-order valence-electron chi connectivity index (χ4n) is 4.13. The van der Waals surface area contributed by atoms with E-state index >= 15 is 0 Å². The molecule has 1 aromatic heterocycles. The summed E-state index contributed by atoms with van der Waals surface area (Å²) in [6.07, 6.45) is 3.42. The Bertz CT molecular complexity index is 1480. The number of amides is 3. The highest BCUT2D eigenvalue weighted by Crippen LogP contribution is 2.32. The molecule has 9 nitrogen and oxygen atoms in total. The van der Waals surface area contributed by atoms with Crippen LogP contribution in [-0.2, 0) is 27.2 Å². The number of ether oxygens (including phenoxy) is 1. The molecule has 1 heterocycles. The van der Waals surface area contributed by atoms with E-state index in [1.807, 2.05) is 26.0 Å². The molecule has 40 heavy (non-hydrogen) atoms. The topological polar surface area (TPSA) is 123 Å². The first-order valence-electron chi connectivity index (χ1n) is 12.5. The van der Waals surface area contributed by atoms with E-state index in [1.165, 1.54) is 25.6 Å². The number of aromatic nitrogens is 1. The largest absolute Gasteiger partial charge is 0.496 e. The van der Waals surface area contributed by atoms with Crippen LogP contribution in [0.15, 0.2) is 83.7 Å². The molecule has 0 aliphatic heterocycles. The summed E-state index contributed by atoms with van der Waals surface area (Å²) in [6.45, 7) is 3.62. The van der Waals surface area contributed by atoms with Crippen molar-refractivity contribution in [2.24, 2.45) is 0 Å². The summed E-state index contributed by atoms with van der Waals surface area (Å²) < 4.78 is 23.7. The van der Waals surface area contributed by atoms with Crippen LogP contribution in [0.5, 0.6) is 5.75 Å². The van der Waals surface area contributed by atoms with E-state index in [2.05, 4.69) is 20.9 Å². The van der Waals surface area contributed by atoms with Gasteiger partial charge in [0.15, 0.2) is 12.2 Å². The lowest BCUT2D eigenvalue weighted by atomic mass is 9.94. The van der Waals surface area contributed by atoms with Gasteiger partial charge in [0.1, 0.15) is 11.6 Å². The number of anilines is 2. The second kappa shape index (κ2) is 12.2. The highest BCUT2D eigenvalue weighted by atomic mass is 19.1. The van der Waals surface area contributed by atoms with Crippen LogP contribution in [0, 0.1) is 5.82 Å². The van der Waals surface area contributed by atoms with Crippen LogP contribution >= 0.6 is 0 Å². The molecule has 0 aliphatic carbocycles. The predicted molar refractivity (Wildman–Crippen MR) is 148 cm³/mol. The molecule has 0 atom stereocenters. The molecular formula is C30H29FN4O5. The Morgan fingerprint density at radius 1 is 0.900 bits per heavy atom. The molecule has 0 saturated heterocycles. The molecule has 10 heteroatoms. The summed E-state index contributed by atoms with van der Waals surface area (Å²) in [5.74, 6) is -1.22. The van der Waals surface area contributed by atoms with Gasteiger partial charge in [-0.25, -0.2) is 9.37 Å². The van der Waals surface area contributed by atoms with Crippen LogP contribution in [0.3, 0.4) is 0 Å². The lowest BCUT2D eigenvalue weighted by molar-refractivity contribution is -0.137. The van der Waals surface area contributed by atoms with Crippen molar-refractivity contribution in [3.05, 3.63) is 96.3 Å². The highest BCUT2D eigenvalue weighted by Gasteiger charge is 2.25. The van der Waals surface area contributed by atoms with Crippen LogP contribution in [0.25, 0.3) is 11.3 Å². The standard InChI is InChI=1S/C30H29FN4O5/c1-30(2,16-20-6-10-22(11-7-20)33-27(36)14-19-4-8-21(31)9-5-19)35-29(38)28(37)34-23-12-13-24(25(15-23)39-3)26-17-32-18-40-26/h4-13,15,17-18H,14,16H2,1-3H3,(H,33,36)(H,34,37)(H,35,38). The Morgan fingerprint density at radius 2 is 1.57 bits per heavy atom. The number of carbonyl (C=O) groups excluding carboxylic acids is 3. The van der Waals surface area contributed by atoms with E-state index in [0.717, 1.165) is 5.56 Å². The zero-order valence-electron chi connectivity index (χ0n) is 22.3. The quantitative estimate of drug-likeness (QED) is 0.262. The molecule has 0 unspecified atom stereocenters. The second-order valence-electron chi connectivity index (χ2n) is 9.80. The van der Waals surface area contributed by atoms with Crippen LogP contribution in [0.1, 0.15) is 25.0 Å². The van der Waals surface area contributed by atoms with Gasteiger partial charge >= 0.3 is 11.8 Å². The molecule has 0 radical (unpaired) electrons. The smallest absolute Gasteiger partial charge is 0.313 e. The van der Waals surface area contributed by atoms with Crippen LogP contribution in [0.4, 0.5) is 15.8 Å². The third-order valence-electron chi connectivity index (χ3n) is 5.98. The summed E-state index contributed by atoms with van der Waals surface area (Å²) in [6, 6.07) is 17.9. The lowest BCUT2D eigenvalue weighted by Crippen LogP contribution is -2.49. The van der Waals surface area contributed by atoms with Crippen LogP contribution in [0.2, 0.25) is 0 Å². The molecule has 4 aromatic rings. The van der Waals surface area contributed by atoms with Gasteiger partial charge in [-0.3, -0.25) is 14.4 Å². The van der Waals surface area contributed by atoms with Gasteiger partial charge in [-0.05, 0) is 67.8 Å². The second-order valence-corrected chi connectivity index (χ2v) is 9.80. The average molecular weight is 545 g/mol. The molecule has 0 bridgehead atoms. The van der Waals surface area contributed by atoms with Crippen molar-refractivity contribution in [2.45, 2.75) is 32.2 Å². The Morgan fingerprint density at radius 3 is 2.23 bits per heavy atom. The molecule has 0 aliphatic rings. The number of hydrogen-bond acceptors (Lipinski definition) is 6. The van der Waals surface area contributed by atoms with Crippen LogP contribution in [-0.4, -0.2) is 35.4 Å². The number of benzene rings is 3. The maximum atomic E-state index is 13.1. The molecular weight excluding hydrogens is 515 g/mol. The molecule has 0 spiro atoms. The summed E-state index contributed by atoms with van der Waals surface area (Å²) in [7, 11) is 1.49. The molecule has 4 rings (SSSR count). The number of methoxy groups -OCH3 is 1. The minimum Gasteiger partial charge on any atom is -0.496 e. The van der Waals surface area contributed by atoms with Crippen molar-refractivity contribution >= 4 is 29.1 Å².